The van der Waals surface area contributed by atoms with Crippen LogP contribution in [-0.4, -0.2) is 11.7 Å². The Morgan fingerprint density at radius 3 is 2.78 bits per heavy atom. The van der Waals surface area contributed by atoms with E-state index in [0.29, 0.717) is 21.5 Å². The lowest BCUT2D eigenvalue weighted by Gasteiger charge is -2.10. The Labute approximate surface area is 118 Å². The van der Waals surface area contributed by atoms with Crippen LogP contribution in [0.2, 0.25) is 5.02 Å². The largest absolute Gasteiger partial charge is 0.294 e. The van der Waals surface area contributed by atoms with Crippen LogP contribution >= 0.6 is 27.5 Å². The quantitative estimate of drug-likeness (QED) is 0.700. The van der Waals surface area contributed by atoms with Crippen molar-refractivity contribution in [3.63, 3.8) is 0 Å². The van der Waals surface area contributed by atoms with Crippen LogP contribution in [0.15, 0.2) is 22.7 Å². The van der Waals surface area contributed by atoms with Crippen LogP contribution in [-0.2, 0) is 0 Å². The topological polar surface area (TPSA) is 17.1 Å². The summed E-state index contributed by atoms with van der Waals surface area (Å²) in [4.78, 5) is 12.0. The van der Waals surface area contributed by atoms with Crippen molar-refractivity contribution in [1.82, 2.24) is 0 Å². The van der Waals surface area contributed by atoms with Gasteiger partial charge in [0, 0.05) is 29.3 Å². The summed E-state index contributed by atoms with van der Waals surface area (Å²) in [5.74, 6) is -2.93. The van der Waals surface area contributed by atoms with Gasteiger partial charge in [-0.15, -0.1) is 0 Å². The molecule has 0 aliphatic heterocycles. The van der Waals surface area contributed by atoms with Crippen molar-refractivity contribution in [2.75, 3.05) is 0 Å². The monoisotopic (exact) mass is 336 g/mol. The van der Waals surface area contributed by atoms with Gasteiger partial charge in [-0.2, -0.15) is 0 Å². The van der Waals surface area contributed by atoms with Crippen LogP contribution < -0.4 is 0 Å². The minimum Gasteiger partial charge on any atom is -0.294 e. The van der Waals surface area contributed by atoms with E-state index >= 15 is 0 Å². The van der Waals surface area contributed by atoms with Crippen molar-refractivity contribution in [2.45, 2.75) is 31.6 Å². The average molecular weight is 338 g/mol. The van der Waals surface area contributed by atoms with Crippen LogP contribution in [0.25, 0.3) is 0 Å². The fourth-order valence-electron chi connectivity index (χ4n) is 2.27. The molecule has 1 unspecified atom stereocenters. The van der Waals surface area contributed by atoms with Crippen molar-refractivity contribution >= 4 is 33.3 Å². The highest BCUT2D eigenvalue weighted by Gasteiger charge is 2.39. The van der Waals surface area contributed by atoms with E-state index in [2.05, 4.69) is 15.9 Å². The maximum absolute atomic E-state index is 13.0. The Morgan fingerprint density at radius 1 is 1.50 bits per heavy atom. The molecule has 0 saturated heterocycles. The number of alkyl halides is 2. The van der Waals surface area contributed by atoms with Crippen molar-refractivity contribution in [3.8, 4) is 0 Å². The van der Waals surface area contributed by atoms with E-state index in [-0.39, 0.29) is 31.0 Å². The summed E-state index contributed by atoms with van der Waals surface area (Å²) in [5, 5.41) is 0.456. The van der Waals surface area contributed by atoms with E-state index in [9.17, 15) is 13.6 Å². The molecule has 0 aromatic heterocycles. The molecule has 1 saturated carbocycles. The van der Waals surface area contributed by atoms with E-state index in [1.165, 1.54) is 0 Å². The van der Waals surface area contributed by atoms with Gasteiger partial charge in [0.05, 0.1) is 5.02 Å². The molecular formula is C13H12BrClF2O. The fourth-order valence-corrected chi connectivity index (χ4v) is 2.69. The molecule has 1 aliphatic carbocycles. The first kappa shape index (κ1) is 13.9. The Kier molecular flexibility index (Phi) is 4.07. The molecule has 0 radical (unpaired) electrons. The van der Waals surface area contributed by atoms with E-state index in [0.717, 1.165) is 0 Å². The minimum atomic E-state index is -2.59. The second-order valence-corrected chi connectivity index (χ2v) is 5.98. The molecule has 0 spiro atoms. The van der Waals surface area contributed by atoms with Gasteiger partial charge < -0.3 is 0 Å². The molecule has 0 N–H and O–H groups in total. The van der Waals surface area contributed by atoms with E-state index in [1.54, 1.807) is 18.2 Å². The zero-order valence-corrected chi connectivity index (χ0v) is 11.9. The molecule has 0 bridgehead atoms. The van der Waals surface area contributed by atoms with Crippen molar-refractivity contribution in [1.29, 1.82) is 0 Å². The Morgan fingerprint density at radius 2 is 2.22 bits per heavy atom. The predicted octanol–water partition coefficient (Wildman–Crippen LogP) is 5.11. The first-order valence-corrected chi connectivity index (χ1v) is 6.90. The van der Waals surface area contributed by atoms with E-state index < -0.39 is 5.92 Å². The van der Waals surface area contributed by atoms with Gasteiger partial charge in [0.25, 0.3) is 0 Å². The van der Waals surface area contributed by atoms with Crippen LogP contribution in [0.5, 0.6) is 0 Å². The lowest BCUT2D eigenvalue weighted by atomic mass is 9.97. The summed E-state index contributed by atoms with van der Waals surface area (Å²) in [7, 11) is 0. The molecule has 1 aliphatic rings. The second kappa shape index (κ2) is 5.25. The normalized spacial score (nSPS) is 22.1. The molecule has 1 aromatic carbocycles. The summed E-state index contributed by atoms with van der Waals surface area (Å²) in [6.07, 6.45) is 0.311. The number of carbonyl (C=O) groups is 1. The lowest BCUT2D eigenvalue weighted by Crippen LogP contribution is -2.12. The highest BCUT2D eigenvalue weighted by Crippen LogP contribution is 2.40. The van der Waals surface area contributed by atoms with E-state index in [1.807, 2.05) is 0 Å². The number of ketones is 1. The average Bonchev–Trinajstić information content (AvgIpc) is 2.62. The molecule has 1 fully saturated rings. The summed E-state index contributed by atoms with van der Waals surface area (Å²) >= 11 is 9.14. The van der Waals surface area contributed by atoms with Crippen LogP contribution in [0.3, 0.4) is 0 Å². The van der Waals surface area contributed by atoms with Gasteiger partial charge in [-0.25, -0.2) is 8.78 Å². The second-order valence-electron chi connectivity index (χ2n) is 4.72. The van der Waals surface area contributed by atoms with Gasteiger partial charge in [0.2, 0.25) is 5.92 Å². The Hall–Kier alpha value is -0.480. The third kappa shape index (κ3) is 3.29. The summed E-state index contributed by atoms with van der Waals surface area (Å²) in [6, 6.07) is 4.92. The number of halogens is 4. The highest BCUT2D eigenvalue weighted by atomic mass is 79.9. The number of hydrogen-bond donors (Lipinski definition) is 0. The third-order valence-electron chi connectivity index (χ3n) is 3.22. The third-order valence-corrected chi connectivity index (χ3v) is 4.45. The van der Waals surface area contributed by atoms with Crippen molar-refractivity contribution in [3.05, 3.63) is 33.3 Å². The van der Waals surface area contributed by atoms with Gasteiger partial charge in [0.1, 0.15) is 0 Å². The van der Waals surface area contributed by atoms with Gasteiger partial charge in [-0.3, -0.25) is 4.79 Å². The highest BCUT2D eigenvalue weighted by molar-refractivity contribution is 9.10. The molecule has 18 heavy (non-hydrogen) atoms. The molecule has 1 aromatic rings. The SMILES string of the molecule is O=C(CC1CCC(F)(F)C1)c1ccc(Br)c(Cl)c1. The van der Waals surface area contributed by atoms with E-state index in [4.69, 9.17) is 11.6 Å². The standard InChI is InChI=1S/C13H12BrClF2O/c14-10-2-1-9(6-11(10)15)12(18)5-8-3-4-13(16,17)7-8/h1-2,6,8H,3-5,7H2. The fraction of sp³-hybridized carbons (Fsp3) is 0.462. The first-order chi connectivity index (χ1) is 8.37. The molecule has 1 atom stereocenters. The molecule has 2 rings (SSSR count). The van der Waals surface area contributed by atoms with Crippen LogP contribution in [0.1, 0.15) is 36.0 Å². The van der Waals surface area contributed by atoms with Crippen molar-refractivity contribution < 1.29 is 13.6 Å². The minimum absolute atomic E-state index is 0.105. The molecule has 5 heteroatoms. The number of rotatable bonds is 3. The number of hydrogen-bond acceptors (Lipinski definition) is 1. The predicted molar refractivity (Wildman–Crippen MR) is 70.4 cm³/mol. The van der Waals surface area contributed by atoms with Gasteiger partial charge in [-0.05, 0) is 40.4 Å². The summed E-state index contributed by atoms with van der Waals surface area (Å²) in [5.41, 5.74) is 0.485. The van der Waals surface area contributed by atoms with Gasteiger partial charge in [0.15, 0.2) is 5.78 Å². The van der Waals surface area contributed by atoms with Gasteiger partial charge in [-0.1, -0.05) is 17.7 Å². The number of benzene rings is 1. The van der Waals surface area contributed by atoms with Gasteiger partial charge >= 0.3 is 0 Å². The van der Waals surface area contributed by atoms with Crippen LogP contribution in [0.4, 0.5) is 8.78 Å². The number of Topliss-reactive ketones (excluding diaryl/α,β-unsaturated/α-hetero) is 1. The zero-order chi connectivity index (χ0) is 13.3. The van der Waals surface area contributed by atoms with Crippen molar-refractivity contribution in [2.24, 2.45) is 5.92 Å². The molecule has 0 amide bonds. The van der Waals surface area contributed by atoms with Crippen LogP contribution in [0, 0.1) is 5.92 Å². The summed E-state index contributed by atoms with van der Waals surface area (Å²) < 4.78 is 26.8. The lowest BCUT2D eigenvalue weighted by molar-refractivity contribution is 0.00497. The number of carbonyl (C=O) groups excluding carboxylic acids is 1. The Bertz CT molecular complexity index is 476. The molecule has 1 nitrogen and oxygen atoms in total. The summed E-state index contributed by atoms with van der Waals surface area (Å²) in [6.45, 7) is 0. The first-order valence-electron chi connectivity index (χ1n) is 5.73. The molecule has 98 valence electrons. The molecule has 0 heterocycles. The maximum atomic E-state index is 13.0. The maximum Gasteiger partial charge on any atom is 0.248 e. The smallest absolute Gasteiger partial charge is 0.248 e. The zero-order valence-electron chi connectivity index (χ0n) is 9.56. The Balaban J connectivity index is 2.02. The molecular weight excluding hydrogens is 325 g/mol.